The summed E-state index contributed by atoms with van der Waals surface area (Å²) >= 11 is 0. The average Bonchev–Trinajstić information content (AvgIpc) is 2.85. The van der Waals surface area contributed by atoms with Crippen LogP contribution in [0.5, 0.6) is 0 Å². The van der Waals surface area contributed by atoms with Crippen LogP contribution in [0.15, 0.2) is 6.33 Å². The summed E-state index contributed by atoms with van der Waals surface area (Å²) < 4.78 is 24.4. The first-order valence-electron chi connectivity index (χ1n) is 7.99. The molecule has 0 atom stereocenters. The van der Waals surface area contributed by atoms with Gasteiger partial charge in [0, 0.05) is 18.6 Å². The SMILES string of the molecule is Cc1c(C(C)C)nc(N)c2ncn(CCCCCS(C)(=O)=O)c12. The predicted molar refractivity (Wildman–Crippen MR) is 94.3 cm³/mol. The fraction of sp³-hybridized carbons (Fsp3) is 0.625. The van der Waals surface area contributed by atoms with Gasteiger partial charge in [0.2, 0.25) is 0 Å². The molecule has 0 radical (unpaired) electrons. The third-order valence-electron chi connectivity index (χ3n) is 4.02. The summed E-state index contributed by atoms with van der Waals surface area (Å²) in [7, 11) is -2.86. The van der Waals surface area contributed by atoms with Crippen LogP contribution in [-0.4, -0.2) is 35.0 Å². The zero-order chi connectivity index (χ0) is 17.2. The molecule has 0 bridgehead atoms. The van der Waals surface area contributed by atoms with Crippen LogP contribution in [0.1, 0.15) is 50.3 Å². The van der Waals surface area contributed by atoms with Crippen LogP contribution >= 0.6 is 0 Å². The Morgan fingerprint density at radius 3 is 2.57 bits per heavy atom. The highest BCUT2D eigenvalue weighted by molar-refractivity contribution is 7.90. The van der Waals surface area contributed by atoms with E-state index in [1.54, 1.807) is 6.33 Å². The summed E-state index contributed by atoms with van der Waals surface area (Å²) in [5.41, 5.74) is 9.98. The van der Waals surface area contributed by atoms with E-state index < -0.39 is 9.84 Å². The van der Waals surface area contributed by atoms with Gasteiger partial charge in [0.25, 0.3) is 0 Å². The molecule has 7 heteroatoms. The summed E-state index contributed by atoms with van der Waals surface area (Å²) in [6, 6.07) is 0. The number of hydrogen-bond acceptors (Lipinski definition) is 5. The minimum absolute atomic E-state index is 0.255. The Hall–Kier alpha value is -1.63. The van der Waals surface area contributed by atoms with E-state index in [0.29, 0.717) is 18.2 Å². The van der Waals surface area contributed by atoms with Gasteiger partial charge in [-0.3, -0.25) is 0 Å². The van der Waals surface area contributed by atoms with Gasteiger partial charge in [-0.15, -0.1) is 0 Å². The molecular weight excluding hydrogens is 312 g/mol. The van der Waals surface area contributed by atoms with Gasteiger partial charge < -0.3 is 10.3 Å². The normalized spacial score (nSPS) is 12.4. The number of fused-ring (bicyclic) bond motifs is 1. The number of nitrogens with two attached hydrogens (primary N) is 1. The number of sulfone groups is 1. The number of imidazole rings is 1. The van der Waals surface area contributed by atoms with Crippen molar-refractivity contribution in [2.24, 2.45) is 0 Å². The molecule has 0 aliphatic carbocycles. The lowest BCUT2D eigenvalue weighted by Crippen LogP contribution is -2.06. The van der Waals surface area contributed by atoms with Crippen LogP contribution in [0.25, 0.3) is 11.0 Å². The van der Waals surface area contributed by atoms with E-state index in [0.717, 1.165) is 41.7 Å². The standard InChI is InChI=1S/C16H26N4O2S/c1-11(2)13-12(3)15-14(16(17)19-13)18-10-20(15)8-6-5-7-9-23(4,21)22/h10-11H,5-9H2,1-4H3,(H2,17,19). The number of aromatic nitrogens is 3. The molecule has 2 heterocycles. The summed E-state index contributed by atoms with van der Waals surface area (Å²) in [4.78, 5) is 8.88. The maximum atomic E-state index is 11.1. The molecule has 2 N–H and O–H groups in total. The molecule has 0 saturated carbocycles. The van der Waals surface area contributed by atoms with Crippen molar-refractivity contribution in [3.05, 3.63) is 17.6 Å². The fourth-order valence-corrected chi connectivity index (χ4v) is 3.63. The minimum Gasteiger partial charge on any atom is -0.382 e. The predicted octanol–water partition coefficient (Wildman–Crippen LogP) is 2.66. The molecule has 128 valence electrons. The number of pyridine rings is 1. The number of anilines is 1. The molecular formula is C16H26N4O2S. The van der Waals surface area contributed by atoms with Crippen LogP contribution < -0.4 is 5.73 Å². The van der Waals surface area contributed by atoms with Crippen molar-refractivity contribution in [3.8, 4) is 0 Å². The molecule has 0 aliphatic rings. The van der Waals surface area contributed by atoms with Gasteiger partial charge in [-0.05, 0) is 31.2 Å². The van der Waals surface area contributed by atoms with Crippen molar-refractivity contribution in [1.29, 1.82) is 0 Å². The van der Waals surface area contributed by atoms with Gasteiger partial charge in [0.15, 0.2) is 5.82 Å². The van der Waals surface area contributed by atoms with Crippen molar-refractivity contribution >= 4 is 26.7 Å². The molecule has 0 amide bonds. The number of rotatable bonds is 7. The molecule has 0 saturated heterocycles. The Kier molecular flexibility index (Phi) is 5.29. The first kappa shape index (κ1) is 17.7. The van der Waals surface area contributed by atoms with Crippen LogP contribution in [0.3, 0.4) is 0 Å². The Morgan fingerprint density at radius 2 is 1.96 bits per heavy atom. The highest BCUT2D eigenvalue weighted by Crippen LogP contribution is 2.28. The fourth-order valence-electron chi connectivity index (χ4n) is 2.91. The Bertz CT molecular complexity index is 794. The minimum atomic E-state index is -2.86. The monoisotopic (exact) mass is 338 g/mol. The van der Waals surface area contributed by atoms with Gasteiger partial charge >= 0.3 is 0 Å². The van der Waals surface area contributed by atoms with Crippen molar-refractivity contribution in [3.63, 3.8) is 0 Å². The van der Waals surface area contributed by atoms with E-state index in [2.05, 4.69) is 35.3 Å². The second-order valence-corrected chi connectivity index (χ2v) is 8.75. The third-order valence-corrected chi connectivity index (χ3v) is 5.05. The van der Waals surface area contributed by atoms with E-state index >= 15 is 0 Å². The maximum Gasteiger partial charge on any atom is 0.151 e. The van der Waals surface area contributed by atoms with Gasteiger partial charge in [-0.1, -0.05) is 20.3 Å². The van der Waals surface area contributed by atoms with Crippen molar-refractivity contribution in [2.75, 3.05) is 17.7 Å². The molecule has 6 nitrogen and oxygen atoms in total. The lowest BCUT2D eigenvalue weighted by molar-refractivity contribution is 0.585. The van der Waals surface area contributed by atoms with Crippen molar-refractivity contribution < 1.29 is 8.42 Å². The van der Waals surface area contributed by atoms with Crippen LogP contribution in [0.2, 0.25) is 0 Å². The molecule has 0 aliphatic heterocycles. The highest BCUT2D eigenvalue weighted by atomic mass is 32.2. The van der Waals surface area contributed by atoms with E-state index in [1.165, 1.54) is 6.26 Å². The van der Waals surface area contributed by atoms with E-state index in [9.17, 15) is 8.42 Å². The molecule has 0 spiro atoms. The van der Waals surface area contributed by atoms with Crippen LogP contribution in [0.4, 0.5) is 5.82 Å². The maximum absolute atomic E-state index is 11.1. The second kappa shape index (κ2) is 6.86. The van der Waals surface area contributed by atoms with E-state index in [-0.39, 0.29) is 5.75 Å². The number of nitrogens with zero attached hydrogens (tertiary/aromatic N) is 3. The van der Waals surface area contributed by atoms with Crippen molar-refractivity contribution in [1.82, 2.24) is 14.5 Å². The van der Waals surface area contributed by atoms with Crippen LogP contribution in [0, 0.1) is 6.92 Å². The third kappa shape index (κ3) is 4.22. The number of aryl methyl sites for hydroxylation is 2. The van der Waals surface area contributed by atoms with Crippen molar-refractivity contribution in [2.45, 2.75) is 52.5 Å². The summed E-state index contributed by atoms with van der Waals surface area (Å²) in [6.07, 6.45) is 5.58. The molecule has 23 heavy (non-hydrogen) atoms. The van der Waals surface area contributed by atoms with Gasteiger partial charge in [0.1, 0.15) is 15.4 Å². The van der Waals surface area contributed by atoms with Gasteiger partial charge in [-0.2, -0.15) is 0 Å². The summed E-state index contributed by atoms with van der Waals surface area (Å²) in [5, 5.41) is 0. The molecule has 2 aromatic heterocycles. The molecule has 2 rings (SSSR count). The first-order chi connectivity index (χ1) is 10.7. The zero-order valence-corrected chi connectivity index (χ0v) is 15.2. The average molecular weight is 338 g/mol. The topological polar surface area (TPSA) is 90.9 Å². The lowest BCUT2D eigenvalue weighted by Gasteiger charge is -2.13. The molecule has 0 fully saturated rings. The van der Waals surface area contributed by atoms with Gasteiger partial charge in [-0.25, -0.2) is 18.4 Å². The highest BCUT2D eigenvalue weighted by Gasteiger charge is 2.16. The van der Waals surface area contributed by atoms with Crippen LogP contribution in [-0.2, 0) is 16.4 Å². The number of unbranched alkanes of at least 4 members (excludes halogenated alkanes) is 2. The second-order valence-electron chi connectivity index (χ2n) is 6.49. The Morgan fingerprint density at radius 1 is 1.26 bits per heavy atom. The first-order valence-corrected chi connectivity index (χ1v) is 10.0. The number of hydrogen-bond donors (Lipinski definition) is 1. The van der Waals surface area contributed by atoms with E-state index in [4.69, 9.17) is 5.73 Å². The molecule has 0 unspecified atom stereocenters. The molecule has 2 aromatic rings. The van der Waals surface area contributed by atoms with Gasteiger partial charge in [0.05, 0.1) is 17.5 Å². The smallest absolute Gasteiger partial charge is 0.151 e. The summed E-state index contributed by atoms with van der Waals surface area (Å²) in [5.74, 6) is 1.04. The van der Waals surface area contributed by atoms with E-state index in [1.807, 2.05) is 0 Å². The quantitative estimate of drug-likeness (QED) is 0.784. The Labute approximate surface area is 138 Å². The number of nitrogen functional groups attached to an aromatic ring is 1. The Balaban J connectivity index is 2.15. The lowest BCUT2D eigenvalue weighted by atomic mass is 10.0. The zero-order valence-electron chi connectivity index (χ0n) is 14.3. The largest absolute Gasteiger partial charge is 0.382 e. The molecule has 0 aromatic carbocycles. The summed E-state index contributed by atoms with van der Waals surface area (Å²) in [6.45, 7) is 7.08.